The molecule has 0 spiro atoms. The Hall–Kier alpha value is -1.90. The molecule has 3 heteroatoms. The molecular weight excluding hydrogens is 274 g/mol. The van der Waals surface area contributed by atoms with Crippen LogP contribution in [0.3, 0.4) is 0 Å². The maximum Gasteiger partial charge on any atom is 0.234 e. The molecule has 1 aliphatic rings. The third kappa shape index (κ3) is 4.55. The van der Waals surface area contributed by atoms with Crippen LogP contribution in [0.25, 0.3) is 5.57 Å². The Balaban J connectivity index is 2.23. The number of hydrogen-bond acceptors (Lipinski definition) is 2. The molecule has 1 saturated carbocycles. The minimum Gasteiger partial charge on any atom is -0.315 e. The molecule has 0 bridgehead atoms. The number of Topliss-reactive ketones (excluding diaryl/α,β-unsaturated/α-hetero) is 1. The number of benzene rings is 1. The molecule has 1 aromatic carbocycles. The van der Waals surface area contributed by atoms with Crippen LogP contribution in [0.2, 0.25) is 0 Å². The lowest BCUT2D eigenvalue weighted by Gasteiger charge is -2.32. The number of ketones is 1. The van der Waals surface area contributed by atoms with Crippen molar-refractivity contribution in [3.05, 3.63) is 42.1 Å². The van der Waals surface area contributed by atoms with Crippen molar-refractivity contribution in [1.82, 2.24) is 4.90 Å². The first-order chi connectivity index (χ1) is 10.6. The van der Waals surface area contributed by atoms with Crippen molar-refractivity contribution in [3.8, 4) is 0 Å². The summed E-state index contributed by atoms with van der Waals surface area (Å²) >= 11 is 0. The zero-order valence-electron chi connectivity index (χ0n) is 13.5. The third-order valence-corrected chi connectivity index (χ3v) is 4.22. The van der Waals surface area contributed by atoms with E-state index < -0.39 is 0 Å². The fourth-order valence-corrected chi connectivity index (χ4v) is 3.03. The molecule has 118 valence electrons. The van der Waals surface area contributed by atoms with Gasteiger partial charge in [0.2, 0.25) is 5.91 Å². The van der Waals surface area contributed by atoms with E-state index in [-0.39, 0.29) is 24.2 Å². The van der Waals surface area contributed by atoms with Gasteiger partial charge in [-0.2, -0.15) is 0 Å². The molecule has 0 radical (unpaired) electrons. The van der Waals surface area contributed by atoms with E-state index in [0.717, 1.165) is 36.8 Å². The van der Waals surface area contributed by atoms with Crippen LogP contribution in [-0.4, -0.2) is 22.6 Å². The molecule has 0 heterocycles. The van der Waals surface area contributed by atoms with Crippen molar-refractivity contribution in [1.29, 1.82) is 0 Å². The van der Waals surface area contributed by atoms with Crippen LogP contribution < -0.4 is 0 Å². The van der Waals surface area contributed by atoms with E-state index in [4.69, 9.17) is 0 Å². The summed E-state index contributed by atoms with van der Waals surface area (Å²) in [6.07, 6.45) is 7.56. The highest BCUT2D eigenvalue weighted by Gasteiger charge is 2.24. The van der Waals surface area contributed by atoms with Crippen LogP contribution in [0.15, 0.2) is 36.5 Å². The van der Waals surface area contributed by atoms with Gasteiger partial charge in [-0.15, -0.1) is 0 Å². The number of amides is 1. The largest absolute Gasteiger partial charge is 0.315 e. The first-order valence-electron chi connectivity index (χ1n) is 8.12. The summed E-state index contributed by atoms with van der Waals surface area (Å²) in [7, 11) is 0. The quantitative estimate of drug-likeness (QED) is 0.765. The fourth-order valence-electron chi connectivity index (χ4n) is 3.03. The molecule has 0 atom stereocenters. The van der Waals surface area contributed by atoms with E-state index in [1.54, 1.807) is 0 Å². The number of nitrogens with zero attached hydrogens (tertiary/aromatic N) is 1. The van der Waals surface area contributed by atoms with Crippen molar-refractivity contribution in [2.24, 2.45) is 0 Å². The van der Waals surface area contributed by atoms with Crippen LogP contribution >= 0.6 is 0 Å². The lowest BCUT2D eigenvalue weighted by atomic mass is 9.93. The Bertz CT molecular complexity index is 542. The van der Waals surface area contributed by atoms with Gasteiger partial charge >= 0.3 is 0 Å². The van der Waals surface area contributed by atoms with Gasteiger partial charge in [0.25, 0.3) is 0 Å². The molecule has 0 N–H and O–H groups in total. The Labute approximate surface area is 133 Å². The molecule has 1 aromatic rings. The highest BCUT2D eigenvalue weighted by Crippen LogP contribution is 2.25. The lowest BCUT2D eigenvalue weighted by molar-refractivity contribution is -0.134. The maximum absolute atomic E-state index is 12.5. The number of carbonyl (C=O) groups is 2. The van der Waals surface area contributed by atoms with Crippen LogP contribution in [-0.2, 0) is 9.59 Å². The van der Waals surface area contributed by atoms with Crippen molar-refractivity contribution in [2.45, 2.75) is 58.4 Å². The standard InChI is InChI=1S/C19H25NO2/c1-15(17-9-5-3-6-10-17)14-20(19(22)13-16(2)21)18-11-7-4-8-12-18/h3,5-6,9-10,14,18H,4,7-8,11-13H2,1-2H3/b15-14-. The van der Waals surface area contributed by atoms with E-state index in [1.807, 2.05) is 48.4 Å². The van der Waals surface area contributed by atoms with Crippen molar-refractivity contribution < 1.29 is 9.59 Å². The predicted octanol–water partition coefficient (Wildman–Crippen LogP) is 4.19. The molecule has 1 fully saturated rings. The van der Waals surface area contributed by atoms with E-state index in [2.05, 4.69) is 0 Å². The van der Waals surface area contributed by atoms with Crippen LogP contribution in [0.4, 0.5) is 0 Å². The van der Waals surface area contributed by atoms with Crippen LogP contribution in [0.1, 0.15) is 57.9 Å². The van der Waals surface area contributed by atoms with Gasteiger partial charge in [-0.05, 0) is 37.8 Å². The first-order valence-corrected chi connectivity index (χ1v) is 8.12. The summed E-state index contributed by atoms with van der Waals surface area (Å²) < 4.78 is 0. The Morgan fingerprint density at radius 3 is 2.32 bits per heavy atom. The second-order valence-electron chi connectivity index (χ2n) is 6.15. The van der Waals surface area contributed by atoms with Gasteiger partial charge in [0.05, 0.1) is 6.42 Å². The molecule has 22 heavy (non-hydrogen) atoms. The molecule has 0 aromatic heterocycles. The Morgan fingerprint density at radius 1 is 1.09 bits per heavy atom. The monoisotopic (exact) mass is 299 g/mol. The SMILES string of the molecule is CC(=O)CC(=O)N(/C=C(/C)c1ccccc1)C1CCCCC1. The van der Waals surface area contributed by atoms with Gasteiger partial charge in [0.1, 0.15) is 5.78 Å². The summed E-state index contributed by atoms with van der Waals surface area (Å²) in [6.45, 7) is 3.50. The fraction of sp³-hybridized carbons (Fsp3) is 0.474. The molecule has 2 rings (SSSR count). The first kappa shape index (κ1) is 16.5. The van der Waals surface area contributed by atoms with Crippen molar-refractivity contribution in [3.63, 3.8) is 0 Å². The minimum atomic E-state index is -0.0744. The molecular formula is C19H25NO2. The second-order valence-corrected chi connectivity index (χ2v) is 6.15. The topological polar surface area (TPSA) is 37.4 Å². The van der Waals surface area contributed by atoms with Crippen molar-refractivity contribution >= 4 is 17.3 Å². The van der Waals surface area contributed by atoms with Crippen LogP contribution in [0, 0.1) is 0 Å². The third-order valence-electron chi connectivity index (χ3n) is 4.22. The van der Waals surface area contributed by atoms with Crippen LogP contribution in [0.5, 0.6) is 0 Å². The van der Waals surface area contributed by atoms with E-state index >= 15 is 0 Å². The number of hydrogen-bond donors (Lipinski definition) is 0. The highest BCUT2D eigenvalue weighted by atomic mass is 16.2. The maximum atomic E-state index is 12.5. The second kappa shape index (κ2) is 7.92. The summed E-state index contributed by atoms with van der Waals surface area (Å²) in [5.41, 5.74) is 2.17. The Morgan fingerprint density at radius 2 is 1.73 bits per heavy atom. The molecule has 0 unspecified atom stereocenters. The molecule has 0 saturated heterocycles. The van der Waals surface area contributed by atoms with Gasteiger partial charge in [0.15, 0.2) is 0 Å². The van der Waals surface area contributed by atoms with E-state index in [9.17, 15) is 9.59 Å². The van der Waals surface area contributed by atoms with E-state index in [0.29, 0.717) is 0 Å². The lowest BCUT2D eigenvalue weighted by Crippen LogP contribution is -2.38. The zero-order chi connectivity index (χ0) is 15.9. The molecule has 0 aliphatic heterocycles. The normalized spacial score (nSPS) is 16.4. The van der Waals surface area contributed by atoms with Gasteiger partial charge in [0, 0.05) is 12.2 Å². The van der Waals surface area contributed by atoms with Gasteiger partial charge < -0.3 is 4.90 Å². The highest BCUT2D eigenvalue weighted by molar-refractivity contribution is 5.97. The Kier molecular flexibility index (Phi) is 5.93. The molecule has 1 aliphatic carbocycles. The summed E-state index contributed by atoms with van der Waals surface area (Å²) in [5.74, 6) is -0.147. The average molecular weight is 299 g/mol. The summed E-state index contributed by atoms with van der Waals surface area (Å²) in [5, 5.41) is 0. The smallest absolute Gasteiger partial charge is 0.234 e. The number of rotatable bonds is 5. The van der Waals surface area contributed by atoms with Gasteiger partial charge in [-0.25, -0.2) is 0 Å². The number of carbonyl (C=O) groups excluding carboxylic acids is 2. The van der Waals surface area contributed by atoms with Gasteiger partial charge in [-0.1, -0.05) is 49.6 Å². The van der Waals surface area contributed by atoms with Crippen molar-refractivity contribution in [2.75, 3.05) is 0 Å². The zero-order valence-corrected chi connectivity index (χ0v) is 13.5. The number of allylic oxidation sites excluding steroid dienone is 1. The van der Waals surface area contributed by atoms with E-state index in [1.165, 1.54) is 13.3 Å². The summed E-state index contributed by atoms with van der Waals surface area (Å²) in [4.78, 5) is 25.6. The molecule has 1 amide bonds. The average Bonchev–Trinajstić information content (AvgIpc) is 2.53. The molecule has 3 nitrogen and oxygen atoms in total. The predicted molar refractivity (Wildman–Crippen MR) is 89.1 cm³/mol. The minimum absolute atomic E-state index is 0.00489. The van der Waals surface area contributed by atoms with Gasteiger partial charge in [-0.3, -0.25) is 9.59 Å². The summed E-state index contributed by atoms with van der Waals surface area (Å²) in [6, 6.07) is 10.3.